The largest absolute Gasteiger partial charge is 0.444 e. The average molecular weight is 408 g/mol. The fraction of sp³-hybridized carbons (Fsp3) is 0.714. The maximum absolute atomic E-state index is 5.53. The third kappa shape index (κ3) is 5.14. The second-order valence-electron chi connectivity index (χ2n) is 5.60. The molecule has 0 aromatic carbocycles. The quantitative estimate of drug-likeness (QED) is 0.443. The molecule has 21 heavy (non-hydrogen) atoms. The highest BCUT2D eigenvalue weighted by atomic mass is 127. The van der Waals surface area contributed by atoms with Crippen LogP contribution < -0.4 is 10.6 Å². The molecule has 1 aliphatic rings. The zero-order valence-electron chi connectivity index (χ0n) is 13.2. The zero-order valence-corrected chi connectivity index (χ0v) is 15.5. The molecule has 0 aliphatic carbocycles. The fourth-order valence-corrected chi connectivity index (χ4v) is 1.94. The van der Waals surface area contributed by atoms with Crippen molar-refractivity contribution in [2.75, 3.05) is 26.3 Å². The summed E-state index contributed by atoms with van der Waals surface area (Å²) in [6.07, 6.45) is 0. The van der Waals surface area contributed by atoms with Crippen LogP contribution in [0.25, 0.3) is 0 Å². The predicted molar refractivity (Wildman–Crippen MR) is 93.1 cm³/mol. The first-order valence-electron chi connectivity index (χ1n) is 7.05. The lowest BCUT2D eigenvalue weighted by atomic mass is 9.89. The number of nitrogens with one attached hydrogen (secondary N) is 2. The lowest BCUT2D eigenvalue weighted by molar-refractivity contribution is -0.0971. The van der Waals surface area contributed by atoms with E-state index in [1.807, 2.05) is 20.8 Å². The minimum absolute atomic E-state index is 0. The van der Waals surface area contributed by atoms with E-state index in [1.54, 1.807) is 0 Å². The molecule has 0 bridgehead atoms. The monoisotopic (exact) mass is 408 g/mol. The second-order valence-corrected chi connectivity index (χ2v) is 5.60. The third-order valence-corrected chi connectivity index (χ3v) is 3.37. The fourth-order valence-electron chi connectivity index (χ4n) is 1.94. The Balaban J connectivity index is 0.00000220. The number of oxazole rings is 1. The number of hydrogen-bond acceptors (Lipinski definition) is 4. The Morgan fingerprint density at radius 3 is 2.52 bits per heavy atom. The molecule has 2 N–H and O–H groups in total. The van der Waals surface area contributed by atoms with Crippen LogP contribution in [0.15, 0.2) is 9.41 Å². The molecule has 0 saturated carbocycles. The van der Waals surface area contributed by atoms with Gasteiger partial charge in [0.2, 0.25) is 5.89 Å². The van der Waals surface area contributed by atoms with Gasteiger partial charge in [-0.2, -0.15) is 0 Å². The van der Waals surface area contributed by atoms with Crippen molar-refractivity contribution < 1.29 is 9.15 Å². The van der Waals surface area contributed by atoms with Gasteiger partial charge in [-0.15, -0.1) is 24.0 Å². The van der Waals surface area contributed by atoms with E-state index in [4.69, 9.17) is 9.15 Å². The predicted octanol–water partition coefficient (Wildman–Crippen LogP) is 2.00. The van der Waals surface area contributed by atoms with E-state index in [-0.39, 0.29) is 29.4 Å². The molecular formula is C14H25IN4O2. The number of nitrogens with zero attached hydrogens (tertiary/aromatic N) is 2. The Hall–Kier alpha value is -0.830. The summed E-state index contributed by atoms with van der Waals surface area (Å²) in [4.78, 5) is 8.83. The molecule has 1 saturated heterocycles. The number of aromatic nitrogens is 1. The van der Waals surface area contributed by atoms with Gasteiger partial charge in [0.05, 0.1) is 18.9 Å². The molecule has 0 unspecified atom stereocenters. The summed E-state index contributed by atoms with van der Waals surface area (Å²) in [5, 5.41) is 6.57. The van der Waals surface area contributed by atoms with E-state index in [1.165, 1.54) is 0 Å². The van der Waals surface area contributed by atoms with E-state index >= 15 is 0 Å². The molecule has 0 amide bonds. The Morgan fingerprint density at radius 1 is 1.33 bits per heavy atom. The second kappa shape index (κ2) is 7.98. The van der Waals surface area contributed by atoms with E-state index in [0.717, 1.165) is 43.7 Å². The van der Waals surface area contributed by atoms with Gasteiger partial charge in [-0.05, 0) is 20.8 Å². The Bertz CT molecular complexity index is 464. The molecule has 1 aliphatic heterocycles. The lowest BCUT2D eigenvalue weighted by Crippen LogP contribution is -2.51. The van der Waals surface area contributed by atoms with Crippen LogP contribution in [-0.4, -0.2) is 37.2 Å². The van der Waals surface area contributed by atoms with Crippen LogP contribution in [0.3, 0.4) is 0 Å². The molecule has 2 heterocycles. The molecule has 1 fully saturated rings. The van der Waals surface area contributed by atoms with Crippen molar-refractivity contribution in [2.45, 2.75) is 34.2 Å². The van der Waals surface area contributed by atoms with Crippen molar-refractivity contribution in [3.63, 3.8) is 0 Å². The first kappa shape index (κ1) is 18.2. The Morgan fingerprint density at radius 2 is 2.05 bits per heavy atom. The van der Waals surface area contributed by atoms with Gasteiger partial charge in [0.15, 0.2) is 5.96 Å². The summed E-state index contributed by atoms with van der Waals surface area (Å²) in [5.41, 5.74) is 1.14. The highest BCUT2D eigenvalue weighted by Crippen LogP contribution is 2.24. The van der Waals surface area contributed by atoms with Crippen molar-refractivity contribution in [2.24, 2.45) is 10.4 Å². The summed E-state index contributed by atoms with van der Waals surface area (Å²) in [7, 11) is 0. The van der Waals surface area contributed by atoms with Gasteiger partial charge < -0.3 is 19.8 Å². The highest BCUT2D eigenvalue weighted by molar-refractivity contribution is 14.0. The number of rotatable bonds is 5. The van der Waals surface area contributed by atoms with Gasteiger partial charge in [-0.25, -0.2) is 9.98 Å². The number of ether oxygens (including phenoxy) is 1. The minimum Gasteiger partial charge on any atom is -0.444 e. The topological polar surface area (TPSA) is 71.7 Å². The van der Waals surface area contributed by atoms with Gasteiger partial charge in [0.1, 0.15) is 12.3 Å². The standard InChI is InChI=1S/C14H24N4O2.HI/c1-5-15-13(17-7-14(4)8-19-9-14)16-6-12-18-10(2)11(3)20-12;/h5-9H2,1-4H3,(H2,15,16,17);1H. The van der Waals surface area contributed by atoms with E-state index in [2.05, 4.69) is 27.5 Å². The van der Waals surface area contributed by atoms with E-state index in [9.17, 15) is 0 Å². The molecule has 120 valence electrons. The van der Waals surface area contributed by atoms with Crippen molar-refractivity contribution in [1.82, 2.24) is 15.6 Å². The molecule has 1 aromatic rings. The highest BCUT2D eigenvalue weighted by Gasteiger charge is 2.33. The van der Waals surface area contributed by atoms with Crippen molar-refractivity contribution in [1.29, 1.82) is 0 Å². The Labute approximate surface area is 143 Å². The first-order chi connectivity index (χ1) is 9.52. The number of halogens is 1. The van der Waals surface area contributed by atoms with Crippen LogP contribution in [0.5, 0.6) is 0 Å². The average Bonchev–Trinajstić information content (AvgIpc) is 2.70. The first-order valence-corrected chi connectivity index (χ1v) is 7.05. The lowest BCUT2D eigenvalue weighted by Gasteiger charge is -2.38. The smallest absolute Gasteiger partial charge is 0.216 e. The number of hydrogen-bond donors (Lipinski definition) is 2. The molecule has 1 aromatic heterocycles. The Kier molecular flexibility index (Phi) is 6.92. The van der Waals surface area contributed by atoms with Gasteiger partial charge in [0, 0.05) is 18.5 Å². The molecular weight excluding hydrogens is 383 g/mol. The normalized spacial score (nSPS) is 16.9. The number of aliphatic imine (C=N–C) groups is 1. The summed E-state index contributed by atoms with van der Waals surface area (Å²) in [5.74, 6) is 2.29. The van der Waals surface area contributed by atoms with Crippen LogP contribution in [-0.2, 0) is 11.3 Å². The summed E-state index contributed by atoms with van der Waals surface area (Å²) in [6.45, 7) is 11.8. The van der Waals surface area contributed by atoms with Gasteiger partial charge in [-0.3, -0.25) is 0 Å². The SMILES string of the molecule is CCNC(=NCc1nc(C)c(C)o1)NCC1(C)COC1.I. The number of guanidine groups is 1. The maximum Gasteiger partial charge on any atom is 0.216 e. The minimum atomic E-state index is 0. The van der Waals surface area contributed by atoms with Crippen molar-refractivity contribution in [3.8, 4) is 0 Å². The van der Waals surface area contributed by atoms with Gasteiger partial charge >= 0.3 is 0 Å². The van der Waals surface area contributed by atoms with E-state index in [0.29, 0.717) is 12.4 Å². The van der Waals surface area contributed by atoms with Crippen LogP contribution >= 0.6 is 24.0 Å². The summed E-state index contributed by atoms with van der Waals surface area (Å²) in [6, 6.07) is 0. The van der Waals surface area contributed by atoms with Crippen LogP contribution in [0.1, 0.15) is 31.2 Å². The molecule has 2 rings (SSSR count). The number of aryl methyl sites for hydroxylation is 2. The zero-order chi connectivity index (χ0) is 14.6. The molecule has 0 spiro atoms. The molecule has 6 nitrogen and oxygen atoms in total. The summed E-state index contributed by atoms with van der Waals surface area (Å²) >= 11 is 0. The van der Waals surface area contributed by atoms with Gasteiger partial charge in [0.25, 0.3) is 0 Å². The van der Waals surface area contributed by atoms with Crippen LogP contribution in [0.2, 0.25) is 0 Å². The van der Waals surface area contributed by atoms with Crippen LogP contribution in [0.4, 0.5) is 0 Å². The summed E-state index contributed by atoms with van der Waals surface area (Å²) < 4.78 is 10.8. The molecule has 7 heteroatoms. The van der Waals surface area contributed by atoms with Crippen molar-refractivity contribution in [3.05, 3.63) is 17.3 Å². The van der Waals surface area contributed by atoms with Crippen LogP contribution in [0, 0.1) is 19.3 Å². The molecule has 0 radical (unpaired) electrons. The maximum atomic E-state index is 5.53. The van der Waals surface area contributed by atoms with Crippen molar-refractivity contribution >= 4 is 29.9 Å². The third-order valence-electron chi connectivity index (χ3n) is 3.37. The molecule has 0 atom stereocenters. The van der Waals surface area contributed by atoms with Gasteiger partial charge in [-0.1, -0.05) is 6.92 Å². The van der Waals surface area contributed by atoms with E-state index < -0.39 is 0 Å².